The van der Waals surface area contributed by atoms with E-state index in [4.69, 9.17) is 0 Å². The van der Waals surface area contributed by atoms with Crippen molar-refractivity contribution in [3.8, 4) is 0 Å². The molecule has 3 rings (SSSR count). The lowest BCUT2D eigenvalue weighted by Gasteiger charge is -2.24. The normalized spacial score (nSPS) is 23.4. The van der Waals surface area contributed by atoms with Crippen molar-refractivity contribution in [2.24, 2.45) is 0 Å². The van der Waals surface area contributed by atoms with E-state index >= 15 is 0 Å². The van der Waals surface area contributed by atoms with Gasteiger partial charge in [-0.25, -0.2) is 0 Å². The number of aryl methyl sites for hydroxylation is 2. The Morgan fingerprint density at radius 3 is 2.78 bits per heavy atom. The third-order valence-electron chi connectivity index (χ3n) is 4.31. The molecule has 0 amide bonds. The van der Waals surface area contributed by atoms with Crippen LogP contribution in [0.4, 0.5) is 5.69 Å². The fourth-order valence-corrected chi connectivity index (χ4v) is 3.18. The molecule has 0 radical (unpaired) electrons. The van der Waals surface area contributed by atoms with Gasteiger partial charge in [0.15, 0.2) is 0 Å². The SMILES string of the molecule is c1cc2c(cc1NCC1CCCCN1)CCCC2. The molecule has 18 heavy (non-hydrogen) atoms. The number of hydrogen-bond acceptors (Lipinski definition) is 2. The summed E-state index contributed by atoms with van der Waals surface area (Å²) in [6.07, 6.45) is 9.32. The Kier molecular flexibility index (Phi) is 3.84. The summed E-state index contributed by atoms with van der Waals surface area (Å²) in [7, 11) is 0. The molecule has 1 unspecified atom stereocenters. The fourth-order valence-electron chi connectivity index (χ4n) is 3.18. The second-order valence-corrected chi connectivity index (χ2v) is 5.72. The van der Waals surface area contributed by atoms with E-state index in [0.717, 1.165) is 6.54 Å². The molecule has 1 aliphatic heterocycles. The van der Waals surface area contributed by atoms with Gasteiger partial charge in [-0.3, -0.25) is 0 Å². The molecule has 0 aromatic heterocycles. The smallest absolute Gasteiger partial charge is 0.0343 e. The molecule has 2 N–H and O–H groups in total. The molecule has 1 aromatic rings. The second kappa shape index (κ2) is 5.75. The zero-order valence-corrected chi connectivity index (χ0v) is 11.2. The van der Waals surface area contributed by atoms with Crippen LogP contribution < -0.4 is 10.6 Å². The molecule has 2 nitrogen and oxygen atoms in total. The summed E-state index contributed by atoms with van der Waals surface area (Å²) in [6, 6.07) is 7.62. The Hall–Kier alpha value is -1.02. The van der Waals surface area contributed by atoms with Gasteiger partial charge in [0.05, 0.1) is 0 Å². The summed E-state index contributed by atoms with van der Waals surface area (Å²) < 4.78 is 0. The van der Waals surface area contributed by atoms with Gasteiger partial charge in [-0.1, -0.05) is 12.5 Å². The Bertz CT molecular complexity index is 394. The van der Waals surface area contributed by atoms with Crippen LogP contribution in [0.1, 0.15) is 43.2 Å². The second-order valence-electron chi connectivity index (χ2n) is 5.72. The molecule has 1 aromatic carbocycles. The van der Waals surface area contributed by atoms with Crippen LogP contribution in [0.2, 0.25) is 0 Å². The number of benzene rings is 1. The van der Waals surface area contributed by atoms with Gasteiger partial charge in [0.1, 0.15) is 0 Å². The van der Waals surface area contributed by atoms with Crippen LogP contribution in [0.25, 0.3) is 0 Å². The quantitative estimate of drug-likeness (QED) is 0.853. The molecule has 0 bridgehead atoms. The van der Waals surface area contributed by atoms with E-state index in [9.17, 15) is 0 Å². The minimum absolute atomic E-state index is 0.662. The molecule has 1 aliphatic carbocycles. The first kappa shape index (κ1) is 12.0. The van der Waals surface area contributed by atoms with Crippen molar-refractivity contribution in [2.75, 3.05) is 18.4 Å². The van der Waals surface area contributed by atoms with E-state index < -0.39 is 0 Å². The van der Waals surface area contributed by atoms with Gasteiger partial charge in [-0.15, -0.1) is 0 Å². The molecule has 1 atom stereocenters. The number of anilines is 1. The highest BCUT2D eigenvalue weighted by molar-refractivity contribution is 5.49. The average molecular weight is 244 g/mol. The summed E-state index contributed by atoms with van der Waals surface area (Å²) >= 11 is 0. The lowest BCUT2D eigenvalue weighted by molar-refractivity contribution is 0.414. The van der Waals surface area contributed by atoms with Gasteiger partial charge in [-0.05, 0) is 68.3 Å². The minimum atomic E-state index is 0.662. The van der Waals surface area contributed by atoms with Crippen LogP contribution in [0.5, 0.6) is 0 Å². The molecule has 1 fully saturated rings. The Morgan fingerprint density at radius 2 is 1.94 bits per heavy atom. The predicted octanol–water partition coefficient (Wildman–Crippen LogP) is 3.12. The van der Waals surface area contributed by atoms with Crippen molar-refractivity contribution < 1.29 is 0 Å². The van der Waals surface area contributed by atoms with E-state index in [1.807, 2.05) is 0 Å². The molecular weight excluding hydrogens is 220 g/mol. The fraction of sp³-hybridized carbons (Fsp3) is 0.625. The van der Waals surface area contributed by atoms with Crippen molar-refractivity contribution in [3.05, 3.63) is 29.3 Å². The lowest BCUT2D eigenvalue weighted by Crippen LogP contribution is -2.39. The Balaban J connectivity index is 1.58. The zero-order chi connectivity index (χ0) is 12.2. The number of piperidine rings is 1. The van der Waals surface area contributed by atoms with Crippen LogP contribution in [0.15, 0.2) is 18.2 Å². The third-order valence-corrected chi connectivity index (χ3v) is 4.31. The monoisotopic (exact) mass is 244 g/mol. The topological polar surface area (TPSA) is 24.1 Å². The van der Waals surface area contributed by atoms with Crippen molar-refractivity contribution in [1.82, 2.24) is 5.32 Å². The van der Waals surface area contributed by atoms with Gasteiger partial charge >= 0.3 is 0 Å². The highest BCUT2D eigenvalue weighted by Crippen LogP contribution is 2.24. The number of nitrogens with one attached hydrogen (secondary N) is 2. The number of hydrogen-bond donors (Lipinski definition) is 2. The highest BCUT2D eigenvalue weighted by atomic mass is 15.0. The molecule has 2 aliphatic rings. The molecule has 0 saturated carbocycles. The van der Waals surface area contributed by atoms with E-state index in [1.54, 1.807) is 11.1 Å². The van der Waals surface area contributed by atoms with Crippen LogP contribution in [-0.4, -0.2) is 19.1 Å². The molecule has 1 heterocycles. The molecule has 98 valence electrons. The van der Waals surface area contributed by atoms with E-state index in [-0.39, 0.29) is 0 Å². The Labute approximate surface area is 110 Å². The summed E-state index contributed by atoms with van der Waals surface area (Å²) in [4.78, 5) is 0. The largest absolute Gasteiger partial charge is 0.383 e. The van der Waals surface area contributed by atoms with Crippen LogP contribution in [0, 0.1) is 0 Å². The van der Waals surface area contributed by atoms with Crippen molar-refractivity contribution in [3.63, 3.8) is 0 Å². The first-order chi connectivity index (χ1) is 8.92. The van der Waals surface area contributed by atoms with Crippen molar-refractivity contribution in [1.29, 1.82) is 0 Å². The van der Waals surface area contributed by atoms with Crippen LogP contribution in [0.3, 0.4) is 0 Å². The van der Waals surface area contributed by atoms with Gasteiger partial charge < -0.3 is 10.6 Å². The Morgan fingerprint density at radius 1 is 1.06 bits per heavy atom. The first-order valence-corrected chi connectivity index (χ1v) is 7.51. The first-order valence-electron chi connectivity index (χ1n) is 7.51. The number of rotatable bonds is 3. The number of fused-ring (bicyclic) bond motifs is 1. The summed E-state index contributed by atoms with van der Waals surface area (Å²) in [5.74, 6) is 0. The van der Waals surface area contributed by atoms with Crippen molar-refractivity contribution >= 4 is 5.69 Å². The summed E-state index contributed by atoms with van der Waals surface area (Å²) in [5.41, 5.74) is 4.45. The maximum absolute atomic E-state index is 3.60. The van der Waals surface area contributed by atoms with Crippen LogP contribution in [-0.2, 0) is 12.8 Å². The average Bonchev–Trinajstić information content (AvgIpc) is 2.46. The van der Waals surface area contributed by atoms with Gasteiger partial charge in [0.25, 0.3) is 0 Å². The minimum Gasteiger partial charge on any atom is -0.383 e. The predicted molar refractivity (Wildman–Crippen MR) is 77.2 cm³/mol. The van der Waals surface area contributed by atoms with Crippen LogP contribution >= 0.6 is 0 Å². The lowest BCUT2D eigenvalue weighted by atomic mass is 9.91. The van der Waals surface area contributed by atoms with E-state index in [0.29, 0.717) is 6.04 Å². The summed E-state index contributed by atoms with van der Waals surface area (Å²) in [6.45, 7) is 2.26. The summed E-state index contributed by atoms with van der Waals surface area (Å²) in [5, 5.41) is 7.19. The highest BCUT2D eigenvalue weighted by Gasteiger charge is 2.13. The molecule has 1 saturated heterocycles. The van der Waals surface area contributed by atoms with Crippen molar-refractivity contribution in [2.45, 2.75) is 51.0 Å². The molecule has 0 spiro atoms. The maximum atomic E-state index is 3.60. The third kappa shape index (κ3) is 2.86. The standard InChI is InChI=1S/C16H24N2/c1-2-6-14-11-15(9-8-13(14)5-1)18-12-16-7-3-4-10-17-16/h8-9,11,16-18H,1-7,10,12H2. The molecule has 2 heteroatoms. The maximum Gasteiger partial charge on any atom is 0.0343 e. The zero-order valence-electron chi connectivity index (χ0n) is 11.2. The van der Waals surface area contributed by atoms with Gasteiger partial charge in [-0.2, -0.15) is 0 Å². The van der Waals surface area contributed by atoms with E-state index in [2.05, 4.69) is 28.8 Å². The van der Waals surface area contributed by atoms with Gasteiger partial charge in [0, 0.05) is 18.3 Å². The molecular formula is C16H24N2. The van der Waals surface area contributed by atoms with E-state index in [1.165, 1.54) is 57.2 Å². The van der Waals surface area contributed by atoms with Gasteiger partial charge in [0.2, 0.25) is 0 Å².